The average molecular weight is 404 g/mol. The number of fused-ring (bicyclic) bond motifs is 1. The molecule has 0 radical (unpaired) electrons. The minimum absolute atomic E-state index is 0.0539. The van der Waals surface area contributed by atoms with Gasteiger partial charge in [-0.1, -0.05) is 0 Å². The number of aliphatic hydroxyl groups excluding tert-OH is 1. The topological polar surface area (TPSA) is 96.2 Å². The molecule has 1 saturated carbocycles. The van der Waals surface area contributed by atoms with Crippen LogP contribution in [0.3, 0.4) is 0 Å². The Labute approximate surface area is 162 Å². The molecule has 1 fully saturated rings. The van der Waals surface area contributed by atoms with Crippen molar-refractivity contribution in [2.75, 3.05) is 18.5 Å². The van der Waals surface area contributed by atoms with E-state index in [1.54, 1.807) is 31.2 Å². The molecule has 28 heavy (non-hydrogen) atoms. The zero-order valence-corrected chi connectivity index (χ0v) is 16.1. The third-order valence-electron chi connectivity index (χ3n) is 4.71. The molecule has 2 aromatic carbocycles. The van der Waals surface area contributed by atoms with Crippen LogP contribution in [-0.4, -0.2) is 36.5 Å². The number of nitrogens with one attached hydrogen (secondary N) is 2. The number of hydrogen-bond donors (Lipinski definition) is 3. The van der Waals surface area contributed by atoms with Crippen LogP contribution in [0.15, 0.2) is 41.3 Å². The van der Waals surface area contributed by atoms with E-state index < -0.39 is 10.0 Å². The molecule has 1 aromatic heterocycles. The van der Waals surface area contributed by atoms with Crippen molar-refractivity contribution in [2.24, 2.45) is 0 Å². The van der Waals surface area contributed by atoms with Crippen molar-refractivity contribution < 1.29 is 17.9 Å². The fourth-order valence-corrected chi connectivity index (χ4v) is 4.15. The summed E-state index contributed by atoms with van der Waals surface area (Å²) in [5.74, 6) is 0.231. The zero-order chi connectivity index (χ0) is 19.9. The van der Waals surface area contributed by atoms with Gasteiger partial charge in [0.25, 0.3) is 0 Å². The number of hydrogen-bond acceptors (Lipinski definition) is 5. The van der Waals surface area contributed by atoms with Crippen LogP contribution >= 0.6 is 0 Å². The SMILES string of the molecule is Cc1cc(Nc2nn(C3CC3)c3ccc(S(=O)(=O)NCCO)cc23)ccc1F. The van der Waals surface area contributed by atoms with E-state index in [4.69, 9.17) is 5.11 Å². The summed E-state index contributed by atoms with van der Waals surface area (Å²) in [5, 5.41) is 17.4. The lowest BCUT2D eigenvalue weighted by Gasteiger charge is -2.07. The highest BCUT2D eigenvalue weighted by molar-refractivity contribution is 7.89. The molecule has 1 heterocycles. The molecule has 3 aromatic rings. The van der Waals surface area contributed by atoms with E-state index in [0.717, 1.165) is 18.4 Å². The lowest BCUT2D eigenvalue weighted by Crippen LogP contribution is -2.26. The average Bonchev–Trinajstić information content (AvgIpc) is 3.46. The molecule has 0 bridgehead atoms. The predicted octanol–water partition coefficient (Wildman–Crippen LogP) is 2.83. The van der Waals surface area contributed by atoms with Crippen molar-refractivity contribution in [2.45, 2.75) is 30.7 Å². The Kier molecular flexibility index (Phi) is 4.82. The molecular weight excluding hydrogens is 383 g/mol. The van der Waals surface area contributed by atoms with Gasteiger partial charge in [0.15, 0.2) is 5.82 Å². The van der Waals surface area contributed by atoms with Gasteiger partial charge < -0.3 is 10.4 Å². The van der Waals surface area contributed by atoms with Crippen LogP contribution in [0.2, 0.25) is 0 Å². The molecule has 1 aliphatic carbocycles. The first-order chi connectivity index (χ1) is 13.4. The molecule has 0 atom stereocenters. The predicted molar refractivity (Wildman–Crippen MR) is 105 cm³/mol. The van der Waals surface area contributed by atoms with E-state index >= 15 is 0 Å². The number of sulfonamides is 1. The first kappa shape index (κ1) is 18.9. The third kappa shape index (κ3) is 3.60. The summed E-state index contributed by atoms with van der Waals surface area (Å²) >= 11 is 0. The van der Waals surface area contributed by atoms with Crippen LogP contribution in [0, 0.1) is 12.7 Å². The Morgan fingerprint density at radius 2 is 2.04 bits per heavy atom. The number of rotatable bonds is 7. The van der Waals surface area contributed by atoms with E-state index in [9.17, 15) is 12.8 Å². The maximum absolute atomic E-state index is 13.6. The van der Waals surface area contributed by atoms with Gasteiger partial charge in [-0.25, -0.2) is 17.5 Å². The quantitative estimate of drug-likeness (QED) is 0.563. The van der Waals surface area contributed by atoms with Gasteiger partial charge in [0, 0.05) is 17.6 Å². The summed E-state index contributed by atoms with van der Waals surface area (Å²) in [7, 11) is -3.74. The Morgan fingerprint density at radius 1 is 1.25 bits per heavy atom. The minimum atomic E-state index is -3.74. The van der Waals surface area contributed by atoms with E-state index in [1.807, 2.05) is 4.68 Å². The number of anilines is 2. The van der Waals surface area contributed by atoms with Crippen molar-refractivity contribution in [1.29, 1.82) is 0 Å². The highest BCUT2D eigenvalue weighted by atomic mass is 32.2. The van der Waals surface area contributed by atoms with Gasteiger partial charge in [0.05, 0.1) is 23.1 Å². The third-order valence-corrected chi connectivity index (χ3v) is 6.16. The lowest BCUT2D eigenvalue weighted by atomic mass is 10.2. The summed E-state index contributed by atoms with van der Waals surface area (Å²) < 4.78 is 42.7. The molecule has 148 valence electrons. The standard InChI is InChI=1S/C19H21FN4O3S/c1-12-10-13(2-6-17(12)20)22-19-16-11-15(28(26,27)21-8-9-25)5-7-18(16)24(23-19)14-3-4-14/h2,5-7,10-11,14,21,25H,3-4,8-9H2,1H3,(H,22,23). The number of aryl methyl sites for hydroxylation is 1. The molecular formula is C19H21FN4O3S. The molecule has 0 aliphatic heterocycles. The molecule has 0 unspecified atom stereocenters. The van der Waals surface area contributed by atoms with Crippen LogP contribution in [-0.2, 0) is 10.0 Å². The largest absolute Gasteiger partial charge is 0.395 e. The summed E-state index contributed by atoms with van der Waals surface area (Å²) in [6, 6.07) is 9.84. The molecule has 9 heteroatoms. The second-order valence-corrected chi connectivity index (χ2v) is 8.68. The Balaban J connectivity index is 1.78. The van der Waals surface area contributed by atoms with Gasteiger partial charge >= 0.3 is 0 Å². The highest BCUT2D eigenvalue weighted by Gasteiger charge is 2.28. The molecule has 3 N–H and O–H groups in total. The first-order valence-corrected chi connectivity index (χ1v) is 10.5. The number of aliphatic hydroxyl groups is 1. The Bertz CT molecular complexity index is 1140. The Morgan fingerprint density at radius 3 is 2.71 bits per heavy atom. The number of nitrogens with zero attached hydrogens (tertiary/aromatic N) is 2. The van der Waals surface area contributed by atoms with Gasteiger partial charge in [-0.3, -0.25) is 4.68 Å². The second-order valence-electron chi connectivity index (χ2n) is 6.91. The van der Waals surface area contributed by atoms with Gasteiger partial charge in [-0.05, 0) is 61.7 Å². The summed E-state index contributed by atoms with van der Waals surface area (Å²) in [6.07, 6.45) is 2.06. The van der Waals surface area contributed by atoms with Crippen molar-refractivity contribution >= 4 is 32.4 Å². The maximum Gasteiger partial charge on any atom is 0.240 e. The van der Waals surface area contributed by atoms with Crippen LogP contribution < -0.4 is 10.0 Å². The Hall–Kier alpha value is -2.49. The maximum atomic E-state index is 13.6. The normalized spacial score (nSPS) is 14.5. The van der Waals surface area contributed by atoms with E-state index in [1.165, 1.54) is 12.1 Å². The number of benzene rings is 2. The van der Waals surface area contributed by atoms with Gasteiger partial charge in [0.1, 0.15) is 5.82 Å². The van der Waals surface area contributed by atoms with Crippen LogP contribution in [0.4, 0.5) is 15.9 Å². The second kappa shape index (κ2) is 7.16. The summed E-state index contributed by atoms with van der Waals surface area (Å²) in [6.45, 7) is 1.35. The zero-order valence-electron chi connectivity index (χ0n) is 15.3. The molecule has 7 nitrogen and oxygen atoms in total. The first-order valence-electron chi connectivity index (χ1n) is 9.05. The van der Waals surface area contributed by atoms with E-state index in [-0.39, 0.29) is 23.9 Å². The fraction of sp³-hybridized carbons (Fsp3) is 0.316. The van der Waals surface area contributed by atoms with Crippen molar-refractivity contribution in [3.8, 4) is 0 Å². The van der Waals surface area contributed by atoms with Crippen molar-refractivity contribution in [3.05, 3.63) is 47.8 Å². The van der Waals surface area contributed by atoms with Crippen LogP contribution in [0.5, 0.6) is 0 Å². The van der Waals surface area contributed by atoms with Gasteiger partial charge in [-0.15, -0.1) is 0 Å². The van der Waals surface area contributed by atoms with Gasteiger partial charge in [0.2, 0.25) is 10.0 Å². The van der Waals surface area contributed by atoms with Crippen LogP contribution in [0.1, 0.15) is 24.4 Å². The van der Waals surface area contributed by atoms with Crippen molar-refractivity contribution in [3.63, 3.8) is 0 Å². The molecule has 4 rings (SSSR count). The number of halogens is 1. The molecule has 0 spiro atoms. The fourth-order valence-electron chi connectivity index (χ4n) is 3.10. The molecule has 0 amide bonds. The van der Waals surface area contributed by atoms with Gasteiger partial charge in [-0.2, -0.15) is 5.10 Å². The number of aromatic nitrogens is 2. The smallest absolute Gasteiger partial charge is 0.240 e. The molecule has 1 aliphatic rings. The monoisotopic (exact) mass is 404 g/mol. The minimum Gasteiger partial charge on any atom is -0.395 e. The van der Waals surface area contributed by atoms with E-state index in [0.29, 0.717) is 28.5 Å². The lowest BCUT2D eigenvalue weighted by molar-refractivity contribution is 0.301. The van der Waals surface area contributed by atoms with Crippen LogP contribution in [0.25, 0.3) is 10.9 Å². The van der Waals surface area contributed by atoms with Crippen molar-refractivity contribution in [1.82, 2.24) is 14.5 Å². The van der Waals surface area contributed by atoms with E-state index in [2.05, 4.69) is 15.1 Å². The molecule has 0 saturated heterocycles. The summed E-state index contributed by atoms with van der Waals surface area (Å²) in [4.78, 5) is 0.0992. The highest BCUT2D eigenvalue weighted by Crippen LogP contribution is 2.39. The summed E-state index contributed by atoms with van der Waals surface area (Å²) in [5.41, 5.74) is 2.02.